The van der Waals surface area contributed by atoms with Gasteiger partial charge in [0.1, 0.15) is 10.3 Å². The number of hydrogen-bond donors (Lipinski definition) is 0. The van der Waals surface area contributed by atoms with Gasteiger partial charge in [-0.15, -0.1) is 11.6 Å². The number of hydrogen-bond acceptors (Lipinski definition) is 4. The number of halogens is 3. The normalized spacial score (nSPS) is 16.3. The van der Waals surface area contributed by atoms with Crippen LogP contribution in [0.5, 0.6) is 0 Å². The third kappa shape index (κ3) is 3.13. The van der Waals surface area contributed by atoms with Crippen LogP contribution in [0.4, 0.5) is 5.95 Å². The summed E-state index contributed by atoms with van der Waals surface area (Å²) in [5.74, 6) is 1.00. The molecule has 0 aliphatic carbocycles. The first-order valence-electron chi connectivity index (χ1n) is 5.33. The van der Waals surface area contributed by atoms with Gasteiger partial charge < -0.3 is 9.64 Å². The summed E-state index contributed by atoms with van der Waals surface area (Å²) < 4.78 is 5.26. The van der Waals surface area contributed by atoms with Crippen LogP contribution in [0.15, 0.2) is 0 Å². The molecule has 1 aromatic heterocycles. The molecular weight excluding hydrogens is 284 g/mol. The van der Waals surface area contributed by atoms with Gasteiger partial charge in [0.2, 0.25) is 5.95 Å². The second-order valence-corrected chi connectivity index (χ2v) is 4.72. The van der Waals surface area contributed by atoms with Crippen molar-refractivity contribution >= 4 is 40.8 Å². The van der Waals surface area contributed by atoms with Crippen molar-refractivity contribution in [2.45, 2.75) is 6.42 Å². The first-order chi connectivity index (χ1) is 8.22. The van der Waals surface area contributed by atoms with Gasteiger partial charge in [-0.1, -0.05) is 23.2 Å². The standard InChI is InChI=1S/C10H12Cl3N3O/c11-2-1-7-8(12)14-10(15-9(7)13)16-3-5-17-6-4-16/h1-6H2. The van der Waals surface area contributed by atoms with Gasteiger partial charge in [-0.05, 0) is 6.42 Å². The summed E-state index contributed by atoms with van der Waals surface area (Å²) in [5, 5.41) is 0.763. The minimum atomic E-state index is 0.382. The zero-order chi connectivity index (χ0) is 12.3. The largest absolute Gasteiger partial charge is 0.378 e. The Morgan fingerprint density at radius 1 is 1.12 bits per heavy atom. The number of ether oxygens (including phenoxy) is 1. The molecule has 4 nitrogen and oxygen atoms in total. The maximum atomic E-state index is 6.08. The molecule has 0 N–H and O–H groups in total. The van der Waals surface area contributed by atoms with Crippen molar-refractivity contribution in [3.63, 3.8) is 0 Å². The van der Waals surface area contributed by atoms with Crippen LogP contribution in [0.2, 0.25) is 10.3 Å². The van der Waals surface area contributed by atoms with E-state index in [1.165, 1.54) is 0 Å². The van der Waals surface area contributed by atoms with Crippen molar-refractivity contribution in [1.29, 1.82) is 0 Å². The highest BCUT2D eigenvalue weighted by Gasteiger charge is 2.17. The molecule has 1 saturated heterocycles. The molecule has 0 atom stereocenters. The van der Waals surface area contributed by atoms with E-state index in [1.54, 1.807) is 0 Å². The first-order valence-corrected chi connectivity index (χ1v) is 6.62. The van der Waals surface area contributed by atoms with Crippen LogP contribution in [-0.2, 0) is 11.2 Å². The quantitative estimate of drug-likeness (QED) is 0.634. The van der Waals surface area contributed by atoms with Gasteiger partial charge in [-0.3, -0.25) is 0 Å². The fourth-order valence-corrected chi connectivity index (χ4v) is 2.38. The summed E-state index contributed by atoms with van der Waals surface area (Å²) in [6, 6.07) is 0. The van der Waals surface area contributed by atoms with Crippen molar-refractivity contribution in [1.82, 2.24) is 9.97 Å². The van der Waals surface area contributed by atoms with Gasteiger partial charge in [-0.25, -0.2) is 9.97 Å². The molecular formula is C10H12Cl3N3O. The van der Waals surface area contributed by atoms with Crippen LogP contribution in [0.3, 0.4) is 0 Å². The van der Waals surface area contributed by atoms with E-state index in [1.807, 2.05) is 4.90 Å². The molecule has 0 bridgehead atoms. The van der Waals surface area contributed by atoms with E-state index >= 15 is 0 Å². The molecule has 0 amide bonds. The van der Waals surface area contributed by atoms with Gasteiger partial charge in [0, 0.05) is 24.5 Å². The van der Waals surface area contributed by atoms with E-state index in [0.717, 1.165) is 13.1 Å². The minimum Gasteiger partial charge on any atom is -0.378 e. The zero-order valence-corrected chi connectivity index (χ0v) is 11.4. The molecule has 0 radical (unpaired) electrons. The Bertz CT molecular complexity index is 373. The highest BCUT2D eigenvalue weighted by atomic mass is 35.5. The molecule has 0 aromatic carbocycles. The monoisotopic (exact) mass is 295 g/mol. The van der Waals surface area contributed by atoms with E-state index in [9.17, 15) is 0 Å². The van der Waals surface area contributed by atoms with Gasteiger partial charge >= 0.3 is 0 Å². The molecule has 94 valence electrons. The Morgan fingerprint density at radius 3 is 2.24 bits per heavy atom. The van der Waals surface area contributed by atoms with Crippen molar-refractivity contribution in [3.05, 3.63) is 15.9 Å². The molecule has 0 unspecified atom stereocenters. The van der Waals surface area contributed by atoms with E-state index in [-0.39, 0.29) is 0 Å². The smallest absolute Gasteiger partial charge is 0.228 e. The summed E-state index contributed by atoms with van der Waals surface area (Å²) in [6.45, 7) is 2.84. The molecule has 17 heavy (non-hydrogen) atoms. The van der Waals surface area contributed by atoms with Crippen molar-refractivity contribution < 1.29 is 4.74 Å². The van der Waals surface area contributed by atoms with Crippen LogP contribution in [-0.4, -0.2) is 42.2 Å². The second-order valence-electron chi connectivity index (χ2n) is 3.62. The van der Waals surface area contributed by atoms with Crippen LogP contribution < -0.4 is 4.90 Å². The predicted molar refractivity (Wildman–Crippen MR) is 69.5 cm³/mol. The number of morpholine rings is 1. The third-order valence-corrected chi connectivity index (χ3v) is 3.35. The SMILES string of the molecule is ClCCc1c(Cl)nc(N2CCOCC2)nc1Cl. The highest BCUT2D eigenvalue weighted by molar-refractivity contribution is 6.34. The number of nitrogens with zero attached hydrogens (tertiary/aromatic N) is 3. The van der Waals surface area contributed by atoms with Crippen LogP contribution in [0, 0.1) is 0 Å². The van der Waals surface area contributed by atoms with Gasteiger partial charge in [0.25, 0.3) is 0 Å². The third-order valence-electron chi connectivity index (χ3n) is 2.53. The molecule has 1 fully saturated rings. The van der Waals surface area contributed by atoms with Crippen LogP contribution in [0.25, 0.3) is 0 Å². The molecule has 1 aromatic rings. The summed E-state index contributed by atoms with van der Waals surface area (Å²) >= 11 is 17.8. The van der Waals surface area contributed by atoms with Gasteiger partial charge in [-0.2, -0.15) is 0 Å². The lowest BCUT2D eigenvalue weighted by Crippen LogP contribution is -2.37. The van der Waals surface area contributed by atoms with Crippen LogP contribution in [0.1, 0.15) is 5.56 Å². The number of aromatic nitrogens is 2. The number of alkyl halides is 1. The second kappa shape index (κ2) is 6.05. The molecule has 1 aliphatic rings. The van der Waals surface area contributed by atoms with E-state index in [2.05, 4.69) is 9.97 Å². The fraction of sp³-hybridized carbons (Fsp3) is 0.600. The maximum absolute atomic E-state index is 6.08. The number of anilines is 1. The Labute approximate surface area is 115 Å². The predicted octanol–water partition coefficient (Wildman–Crippen LogP) is 2.40. The van der Waals surface area contributed by atoms with Gasteiger partial charge in [0.15, 0.2) is 0 Å². The summed E-state index contributed by atoms with van der Waals surface area (Å²) in [5.41, 5.74) is 0.709. The zero-order valence-electron chi connectivity index (χ0n) is 9.13. The average molecular weight is 297 g/mol. The van der Waals surface area contributed by atoms with Crippen molar-refractivity contribution in [2.75, 3.05) is 37.1 Å². The van der Waals surface area contributed by atoms with Crippen LogP contribution >= 0.6 is 34.8 Å². The first kappa shape index (κ1) is 13.1. The van der Waals surface area contributed by atoms with Crippen molar-refractivity contribution in [3.8, 4) is 0 Å². The Balaban J connectivity index is 2.24. The maximum Gasteiger partial charge on any atom is 0.228 e. The molecule has 2 heterocycles. The van der Waals surface area contributed by atoms with E-state index < -0.39 is 0 Å². The summed E-state index contributed by atoms with van der Waals surface area (Å²) in [6.07, 6.45) is 0.572. The topological polar surface area (TPSA) is 38.2 Å². The number of rotatable bonds is 3. The lowest BCUT2D eigenvalue weighted by Gasteiger charge is -2.27. The summed E-state index contributed by atoms with van der Waals surface area (Å²) in [7, 11) is 0. The minimum absolute atomic E-state index is 0.382. The lowest BCUT2D eigenvalue weighted by molar-refractivity contribution is 0.122. The molecule has 0 saturated carbocycles. The lowest BCUT2D eigenvalue weighted by atomic mass is 10.3. The highest BCUT2D eigenvalue weighted by Crippen LogP contribution is 2.25. The van der Waals surface area contributed by atoms with E-state index in [4.69, 9.17) is 39.5 Å². The molecule has 1 aliphatic heterocycles. The summed E-state index contributed by atoms with van der Waals surface area (Å²) in [4.78, 5) is 10.5. The molecule has 7 heteroatoms. The Kier molecular flexibility index (Phi) is 4.68. The molecule has 2 rings (SSSR count). The van der Waals surface area contributed by atoms with E-state index in [0.29, 0.717) is 47.3 Å². The fourth-order valence-electron chi connectivity index (χ4n) is 1.63. The average Bonchev–Trinajstić information content (AvgIpc) is 2.35. The molecule has 0 spiro atoms. The Hall–Kier alpha value is -0.290. The van der Waals surface area contributed by atoms with Crippen molar-refractivity contribution in [2.24, 2.45) is 0 Å². The van der Waals surface area contributed by atoms with Gasteiger partial charge in [0.05, 0.1) is 13.2 Å². The Morgan fingerprint density at radius 2 is 1.71 bits per heavy atom.